The van der Waals surface area contributed by atoms with E-state index in [4.69, 9.17) is 11.6 Å². The lowest BCUT2D eigenvalue weighted by molar-refractivity contribution is 0.475. The lowest BCUT2D eigenvalue weighted by Crippen LogP contribution is -2.21. The van der Waals surface area contributed by atoms with Crippen molar-refractivity contribution < 1.29 is 9.50 Å². The lowest BCUT2D eigenvalue weighted by Gasteiger charge is -2.23. The van der Waals surface area contributed by atoms with E-state index in [1.54, 1.807) is 31.2 Å². The van der Waals surface area contributed by atoms with Gasteiger partial charge in [-0.15, -0.1) is 11.6 Å². The molecule has 0 bridgehead atoms. The van der Waals surface area contributed by atoms with Crippen LogP contribution in [0, 0.1) is 12.7 Å². The second-order valence-corrected chi connectivity index (χ2v) is 5.40. The topological polar surface area (TPSA) is 23.5 Å². The van der Waals surface area contributed by atoms with Crippen LogP contribution in [0.1, 0.15) is 16.5 Å². The maximum atomic E-state index is 13.3. The van der Waals surface area contributed by atoms with Crippen LogP contribution >= 0.6 is 11.6 Å². The van der Waals surface area contributed by atoms with Crippen molar-refractivity contribution in [1.29, 1.82) is 0 Å². The van der Waals surface area contributed by atoms with Gasteiger partial charge in [-0.25, -0.2) is 4.39 Å². The van der Waals surface area contributed by atoms with Crippen LogP contribution in [0.4, 0.5) is 10.1 Å². The van der Waals surface area contributed by atoms with Crippen LogP contribution in [-0.4, -0.2) is 18.7 Å². The van der Waals surface area contributed by atoms with E-state index in [-0.39, 0.29) is 16.9 Å². The first-order chi connectivity index (χ1) is 9.47. The minimum Gasteiger partial charge on any atom is -0.508 e. The Hall–Kier alpha value is -1.74. The Morgan fingerprint density at radius 1 is 1.20 bits per heavy atom. The maximum absolute atomic E-state index is 13.3. The molecular weight excluding hydrogens is 277 g/mol. The number of alkyl halides is 1. The Bertz CT molecular complexity index is 586. The molecule has 106 valence electrons. The smallest absolute Gasteiger partial charge is 0.126 e. The van der Waals surface area contributed by atoms with E-state index in [2.05, 4.69) is 0 Å². The van der Waals surface area contributed by atoms with Gasteiger partial charge in [0.05, 0.1) is 5.38 Å². The van der Waals surface area contributed by atoms with Crippen LogP contribution in [-0.2, 0) is 0 Å². The summed E-state index contributed by atoms with van der Waals surface area (Å²) in [5.41, 5.74) is 2.46. The fourth-order valence-corrected chi connectivity index (χ4v) is 2.36. The summed E-state index contributed by atoms with van der Waals surface area (Å²) in [5.74, 6) is 0.0169. The third-order valence-electron chi connectivity index (χ3n) is 3.27. The fourth-order valence-electron chi connectivity index (χ4n) is 2.02. The number of rotatable bonds is 4. The van der Waals surface area contributed by atoms with E-state index in [0.29, 0.717) is 12.1 Å². The summed E-state index contributed by atoms with van der Waals surface area (Å²) in [6, 6.07) is 11.9. The molecule has 2 rings (SSSR count). The molecule has 0 saturated heterocycles. The van der Waals surface area contributed by atoms with Crippen LogP contribution < -0.4 is 4.90 Å². The van der Waals surface area contributed by atoms with Gasteiger partial charge in [-0.05, 0) is 48.4 Å². The molecule has 0 aliphatic carbocycles. The molecule has 20 heavy (non-hydrogen) atoms. The van der Waals surface area contributed by atoms with Gasteiger partial charge in [0.15, 0.2) is 0 Å². The van der Waals surface area contributed by atoms with E-state index >= 15 is 0 Å². The highest BCUT2D eigenvalue weighted by atomic mass is 35.5. The summed E-state index contributed by atoms with van der Waals surface area (Å²) in [6.07, 6.45) is 0. The van der Waals surface area contributed by atoms with Gasteiger partial charge in [0.1, 0.15) is 11.6 Å². The summed E-state index contributed by atoms with van der Waals surface area (Å²) >= 11 is 6.39. The number of halogens is 2. The summed E-state index contributed by atoms with van der Waals surface area (Å²) in [4.78, 5) is 2.00. The molecule has 0 aliphatic rings. The number of hydrogen-bond donors (Lipinski definition) is 1. The van der Waals surface area contributed by atoms with Crippen molar-refractivity contribution in [1.82, 2.24) is 0 Å². The lowest BCUT2D eigenvalue weighted by atomic mass is 10.1. The molecule has 2 aromatic rings. The van der Waals surface area contributed by atoms with Crippen molar-refractivity contribution in [2.45, 2.75) is 12.3 Å². The van der Waals surface area contributed by atoms with Gasteiger partial charge in [0.2, 0.25) is 0 Å². The molecule has 2 aromatic carbocycles. The van der Waals surface area contributed by atoms with E-state index < -0.39 is 0 Å². The number of hydrogen-bond acceptors (Lipinski definition) is 2. The minimum atomic E-state index is -0.229. The Morgan fingerprint density at radius 3 is 2.45 bits per heavy atom. The van der Waals surface area contributed by atoms with Crippen LogP contribution in [0.2, 0.25) is 0 Å². The van der Waals surface area contributed by atoms with Gasteiger partial charge in [-0.2, -0.15) is 0 Å². The number of anilines is 1. The first-order valence-electron chi connectivity index (χ1n) is 6.37. The molecule has 1 unspecified atom stereocenters. The number of aryl methyl sites for hydroxylation is 1. The highest BCUT2D eigenvalue weighted by molar-refractivity contribution is 6.21. The molecule has 0 saturated carbocycles. The normalized spacial score (nSPS) is 12.2. The van der Waals surface area contributed by atoms with Gasteiger partial charge < -0.3 is 10.0 Å². The average molecular weight is 294 g/mol. The Labute approximate surface area is 123 Å². The largest absolute Gasteiger partial charge is 0.508 e. The number of phenolic OH excluding ortho intramolecular Hbond substituents is 1. The van der Waals surface area contributed by atoms with Gasteiger partial charge in [-0.1, -0.05) is 12.1 Å². The molecule has 0 spiro atoms. The zero-order valence-electron chi connectivity index (χ0n) is 11.5. The second kappa shape index (κ2) is 6.14. The van der Waals surface area contributed by atoms with Crippen molar-refractivity contribution in [3.63, 3.8) is 0 Å². The van der Waals surface area contributed by atoms with Gasteiger partial charge >= 0.3 is 0 Å². The molecule has 2 nitrogen and oxygen atoms in total. The Morgan fingerprint density at radius 2 is 1.85 bits per heavy atom. The Balaban J connectivity index is 2.08. The third-order valence-corrected chi connectivity index (χ3v) is 3.66. The van der Waals surface area contributed by atoms with Gasteiger partial charge in [0, 0.05) is 19.3 Å². The molecule has 1 N–H and O–H groups in total. The van der Waals surface area contributed by atoms with Crippen LogP contribution in [0.5, 0.6) is 5.75 Å². The van der Waals surface area contributed by atoms with Crippen LogP contribution in [0.3, 0.4) is 0 Å². The molecule has 1 atom stereocenters. The fraction of sp³-hybridized carbons (Fsp3) is 0.250. The molecule has 0 radical (unpaired) electrons. The maximum Gasteiger partial charge on any atom is 0.126 e. The standard InChI is InChI=1S/C16H17ClFNO/c1-11-9-12(3-8-16(11)18)15(17)10-19(2)13-4-6-14(20)7-5-13/h3-9,15,20H,10H2,1-2H3. The van der Waals surface area contributed by atoms with E-state index in [1.807, 2.05) is 24.1 Å². The zero-order chi connectivity index (χ0) is 14.7. The summed E-state index contributed by atoms with van der Waals surface area (Å²) < 4.78 is 13.3. The first-order valence-corrected chi connectivity index (χ1v) is 6.81. The van der Waals surface area contributed by atoms with E-state index in [1.165, 1.54) is 6.07 Å². The number of nitrogens with zero attached hydrogens (tertiary/aromatic N) is 1. The number of benzene rings is 2. The molecule has 0 fully saturated rings. The van der Waals surface area contributed by atoms with Crippen molar-refractivity contribution in [2.75, 3.05) is 18.5 Å². The van der Waals surface area contributed by atoms with Crippen molar-refractivity contribution in [2.24, 2.45) is 0 Å². The van der Waals surface area contributed by atoms with Gasteiger partial charge in [-0.3, -0.25) is 0 Å². The highest BCUT2D eigenvalue weighted by Gasteiger charge is 2.13. The minimum absolute atomic E-state index is 0.218. The van der Waals surface area contributed by atoms with Crippen molar-refractivity contribution >= 4 is 17.3 Å². The van der Waals surface area contributed by atoms with Gasteiger partial charge in [0.25, 0.3) is 0 Å². The number of phenols is 1. The van der Waals surface area contributed by atoms with Crippen LogP contribution in [0.25, 0.3) is 0 Å². The summed E-state index contributed by atoms with van der Waals surface area (Å²) in [7, 11) is 1.93. The average Bonchev–Trinajstić information content (AvgIpc) is 2.42. The van der Waals surface area contributed by atoms with Crippen molar-refractivity contribution in [3.8, 4) is 5.75 Å². The third kappa shape index (κ3) is 3.42. The number of aromatic hydroxyl groups is 1. The summed E-state index contributed by atoms with van der Waals surface area (Å²) in [6.45, 7) is 2.32. The van der Waals surface area contributed by atoms with Crippen molar-refractivity contribution in [3.05, 3.63) is 59.4 Å². The SMILES string of the molecule is Cc1cc(C(Cl)CN(C)c2ccc(O)cc2)ccc1F. The number of likely N-dealkylation sites (N-methyl/N-ethyl adjacent to an activating group) is 1. The molecule has 4 heteroatoms. The molecular formula is C16H17ClFNO. The predicted molar refractivity (Wildman–Crippen MR) is 81.1 cm³/mol. The monoisotopic (exact) mass is 293 g/mol. The zero-order valence-corrected chi connectivity index (χ0v) is 12.2. The van der Waals surface area contributed by atoms with E-state index in [9.17, 15) is 9.50 Å². The highest BCUT2D eigenvalue weighted by Crippen LogP contribution is 2.26. The molecule has 0 heterocycles. The molecule has 0 aromatic heterocycles. The predicted octanol–water partition coefficient (Wildman–Crippen LogP) is 4.26. The quantitative estimate of drug-likeness (QED) is 0.852. The molecule has 0 aliphatic heterocycles. The Kier molecular flexibility index (Phi) is 4.50. The van der Waals surface area contributed by atoms with Crippen LogP contribution in [0.15, 0.2) is 42.5 Å². The first kappa shape index (κ1) is 14.7. The van der Waals surface area contributed by atoms with E-state index in [0.717, 1.165) is 11.3 Å². The summed E-state index contributed by atoms with van der Waals surface area (Å²) in [5, 5.41) is 9.05. The molecule has 0 amide bonds. The second-order valence-electron chi connectivity index (χ2n) is 4.87.